The molecule has 2 rings (SSSR count). The van der Waals surface area contributed by atoms with Gasteiger partial charge in [-0.3, -0.25) is 0 Å². The Labute approximate surface area is 103 Å². The van der Waals surface area contributed by atoms with Crippen molar-refractivity contribution < 1.29 is 22.2 Å². The van der Waals surface area contributed by atoms with E-state index in [1.165, 1.54) is 5.56 Å². The first-order chi connectivity index (χ1) is 6.81. The number of aryl methyl sites for hydroxylation is 1. The van der Waals surface area contributed by atoms with E-state index in [2.05, 4.69) is 19.1 Å². The van der Waals surface area contributed by atoms with E-state index in [-0.39, 0.29) is 23.7 Å². The van der Waals surface area contributed by atoms with E-state index in [0.29, 0.717) is 0 Å². The van der Waals surface area contributed by atoms with Gasteiger partial charge in [-0.1, -0.05) is 6.92 Å². The average molecular weight is 246 g/mol. The zero-order chi connectivity index (χ0) is 10.6. The summed E-state index contributed by atoms with van der Waals surface area (Å²) in [7, 11) is 0. The molecule has 0 aromatic heterocycles. The van der Waals surface area contributed by atoms with Gasteiger partial charge in [0.2, 0.25) is 0 Å². The maximum atomic E-state index is 7.57. The van der Waals surface area contributed by atoms with Crippen molar-refractivity contribution in [3.8, 4) is 0 Å². The molecule has 0 heterocycles. The van der Waals surface area contributed by atoms with Gasteiger partial charge in [0.25, 0.3) is 0 Å². The van der Waals surface area contributed by atoms with E-state index in [9.17, 15) is 0 Å². The van der Waals surface area contributed by atoms with Gasteiger partial charge in [-0.25, -0.2) is 12.1 Å². The van der Waals surface area contributed by atoms with Crippen LogP contribution < -0.4 is 0 Å². The van der Waals surface area contributed by atoms with Crippen LogP contribution in [0.3, 0.4) is 0 Å². The van der Waals surface area contributed by atoms with Crippen LogP contribution >= 0.6 is 0 Å². The van der Waals surface area contributed by atoms with Crippen molar-refractivity contribution in [3.05, 3.63) is 60.2 Å². The smallest absolute Gasteiger partial charge is 0.0402 e. The minimum Gasteiger partial charge on any atom is -0.748 e. The number of aliphatic hydroxyl groups excluding tert-OH is 1. The predicted molar refractivity (Wildman–Crippen MR) is 61.6 cm³/mol. The normalized spacial score (nSPS) is 7.40. The maximum Gasteiger partial charge on any atom is 0.0402 e. The molecule has 0 aliphatic heterocycles. The van der Waals surface area contributed by atoms with E-state index >= 15 is 0 Å². The first-order valence-electron chi connectivity index (χ1n) is 4.77. The third-order valence-corrected chi connectivity index (χ3v) is 1.38. The summed E-state index contributed by atoms with van der Waals surface area (Å²) in [6.45, 7) is 4.01. The molecule has 0 unspecified atom stereocenters. The first kappa shape index (κ1) is 16.6. The fraction of sp³-hybridized carbons (Fsp3) is 0.231. The summed E-state index contributed by atoms with van der Waals surface area (Å²) < 4.78 is 0. The van der Waals surface area contributed by atoms with E-state index in [1.54, 1.807) is 6.92 Å². The van der Waals surface area contributed by atoms with Gasteiger partial charge in [0.1, 0.15) is 0 Å². The molecule has 0 fully saturated rings. The second-order valence-corrected chi connectivity index (χ2v) is 2.74. The van der Waals surface area contributed by atoms with Crippen molar-refractivity contribution in [2.24, 2.45) is 0 Å². The van der Waals surface area contributed by atoms with Gasteiger partial charge in [0, 0.05) is 23.7 Å². The van der Waals surface area contributed by atoms with Crippen LogP contribution in [0.1, 0.15) is 12.5 Å². The number of rotatable bonds is 0. The van der Waals surface area contributed by atoms with Gasteiger partial charge >= 0.3 is 0 Å². The SMILES string of the molecule is CCO.C[c-]1cccc1.[Fe].[cH-]1[cH-][cH-][cH-][cH-]1. The zero-order valence-electron chi connectivity index (χ0n) is 9.20. The Hall–Kier alpha value is -0.821. The Balaban J connectivity index is 0. The molecule has 2 aromatic carbocycles. The Bertz CT molecular complexity index is 241. The van der Waals surface area contributed by atoms with Crippen LogP contribution in [0.25, 0.3) is 0 Å². The topological polar surface area (TPSA) is 20.2 Å². The molecule has 0 radical (unpaired) electrons. The molecule has 0 aliphatic rings. The fourth-order valence-electron chi connectivity index (χ4n) is 0.791. The fourth-order valence-corrected chi connectivity index (χ4v) is 0.791. The van der Waals surface area contributed by atoms with Crippen molar-refractivity contribution in [1.29, 1.82) is 0 Å². The molecule has 0 amide bonds. The molecule has 0 bridgehead atoms. The second-order valence-electron chi connectivity index (χ2n) is 2.74. The minimum atomic E-state index is 0. The molecule has 0 saturated heterocycles. The molecule has 0 spiro atoms. The van der Waals surface area contributed by atoms with Crippen LogP contribution in [0.2, 0.25) is 0 Å². The van der Waals surface area contributed by atoms with E-state index in [1.807, 2.05) is 42.5 Å². The zero-order valence-corrected chi connectivity index (χ0v) is 10.3. The van der Waals surface area contributed by atoms with Crippen molar-refractivity contribution in [1.82, 2.24) is 0 Å². The number of aliphatic hydroxyl groups is 1. The van der Waals surface area contributed by atoms with Gasteiger partial charge in [-0.05, 0) is 6.92 Å². The quantitative estimate of drug-likeness (QED) is 0.559. The third kappa shape index (κ3) is 13.2. The van der Waals surface area contributed by atoms with Gasteiger partial charge < -0.3 is 35.4 Å². The Kier molecular flexibility index (Phi) is 14.6. The molecule has 0 saturated carbocycles. The van der Waals surface area contributed by atoms with Crippen molar-refractivity contribution in [2.45, 2.75) is 13.8 Å². The number of hydrogen-bond acceptors (Lipinski definition) is 1. The van der Waals surface area contributed by atoms with Crippen molar-refractivity contribution in [3.63, 3.8) is 0 Å². The molecule has 2 heteroatoms. The van der Waals surface area contributed by atoms with Gasteiger partial charge in [-0.2, -0.15) is 17.7 Å². The Morgan fingerprint density at radius 2 is 1.27 bits per heavy atom. The minimum absolute atomic E-state index is 0. The Morgan fingerprint density at radius 3 is 1.40 bits per heavy atom. The molecule has 0 atom stereocenters. The molecule has 1 N–H and O–H groups in total. The summed E-state index contributed by atoms with van der Waals surface area (Å²) in [5.74, 6) is 0. The predicted octanol–water partition coefficient (Wildman–Crippen LogP) is 3.12. The monoisotopic (exact) mass is 246 g/mol. The van der Waals surface area contributed by atoms with E-state index in [4.69, 9.17) is 5.11 Å². The summed E-state index contributed by atoms with van der Waals surface area (Å²) in [4.78, 5) is 0. The molecule has 2 aromatic rings. The van der Waals surface area contributed by atoms with E-state index < -0.39 is 0 Å². The summed E-state index contributed by atoms with van der Waals surface area (Å²) >= 11 is 0. The summed E-state index contributed by atoms with van der Waals surface area (Å²) in [6, 6.07) is 18.2. The second kappa shape index (κ2) is 13.2. The maximum absolute atomic E-state index is 7.57. The van der Waals surface area contributed by atoms with Crippen LogP contribution in [0, 0.1) is 6.92 Å². The van der Waals surface area contributed by atoms with Crippen molar-refractivity contribution in [2.75, 3.05) is 6.61 Å². The molecule has 15 heavy (non-hydrogen) atoms. The van der Waals surface area contributed by atoms with Crippen LogP contribution in [0.15, 0.2) is 54.6 Å². The van der Waals surface area contributed by atoms with Crippen molar-refractivity contribution >= 4 is 0 Å². The summed E-state index contributed by atoms with van der Waals surface area (Å²) in [6.07, 6.45) is 0. The standard InChI is InChI=1S/C6H7.C5H5.C2H6O.Fe/c1-6-4-2-3-5-6;1-2-4-5-3-1;1-2-3;/h2-5H,1H3;1-5H;3H,2H2,1H3;/q-1;-5;;. The van der Waals surface area contributed by atoms with Crippen LogP contribution in [0.4, 0.5) is 0 Å². The largest absolute Gasteiger partial charge is 0.748 e. The van der Waals surface area contributed by atoms with Gasteiger partial charge in [0.15, 0.2) is 0 Å². The van der Waals surface area contributed by atoms with Crippen LogP contribution in [-0.2, 0) is 17.1 Å². The molecule has 90 valence electrons. The molecular formula is C13H18FeO-6. The summed E-state index contributed by atoms with van der Waals surface area (Å²) in [5.41, 5.74) is 1.34. The van der Waals surface area contributed by atoms with Crippen LogP contribution in [-0.4, -0.2) is 11.7 Å². The molecule has 0 aliphatic carbocycles. The molecule has 1 nitrogen and oxygen atoms in total. The molecular weight excluding hydrogens is 228 g/mol. The third-order valence-electron chi connectivity index (χ3n) is 1.38. The number of hydrogen-bond donors (Lipinski definition) is 1. The van der Waals surface area contributed by atoms with E-state index in [0.717, 1.165) is 0 Å². The Morgan fingerprint density at radius 1 is 1.00 bits per heavy atom. The van der Waals surface area contributed by atoms with Gasteiger partial charge in [0.05, 0.1) is 0 Å². The van der Waals surface area contributed by atoms with Gasteiger partial charge in [-0.15, -0.1) is 0 Å². The summed E-state index contributed by atoms with van der Waals surface area (Å²) in [5, 5.41) is 7.57. The van der Waals surface area contributed by atoms with Crippen LogP contribution in [0.5, 0.6) is 0 Å². The average Bonchev–Trinajstić information content (AvgIpc) is 2.78. The first-order valence-corrected chi connectivity index (χ1v) is 4.77.